The van der Waals surface area contributed by atoms with Gasteiger partial charge in [0, 0.05) is 5.57 Å². The Kier molecular flexibility index (Phi) is 6.28. The molecule has 0 bridgehead atoms. The van der Waals surface area contributed by atoms with Crippen molar-refractivity contribution in [2.75, 3.05) is 0 Å². The van der Waals surface area contributed by atoms with E-state index in [1.165, 1.54) is 69.8 Å². The summed E-state index contributed by atoms with van der Waals surface area (Å²) in [5.74, 6) is 4.55. The van der Waals surface area contributed by atoms with Crippen molar-refractivity contribution in [3.05, 3.63) is 23.8 Å². The number of terminal acetylenes is 1. The first-order valence-electron chi connectivity index (χ1n) is 8.22. The van der Waals surface area contributed by atoms with Crippen LogP contribution >= 0.6 is 0 Å². The van der Waals surface area contributed by atoms with E-state index in [0.717, 1.165) is 18.3 Å². The fourth-order valence-corrected chi connectivity index (χ4v) is 3.53. The monoisotopic (exact) mass is 256 g/mol. The van der Waals surface area contributed by atoms with E-state index >= 15 is 0 Å². The largest absolute Gasteiger partial charge is 0.115 e. The molecule has 0 saturated heterocycles. The molecule has 2 rings (SSSR count). The lowest BCUT2D eigenvalue weighted by Crippen LogP contribution is -2.06. The maximum absolute atomic E-state index is 5.66. The lowest BCUT2D eigenvalue weighted by molar-refractivity contribution is 0.358. The van der Waals surface area contributed by atoms with Crippen LogP contribution in [0.5, 0.6) is 0 Å². The summed E-state index contributed by atoms with van der Waals surface area (Å²) >= 11 is 0. The summed E-state index contributed by atoms with van der Waals surface area (Å²) in [7, 11) is 0. The molecule has 0 spiro atoms. The Labute approximate surface area is 119 Å². The van der Waals surface area contributed by atoms with Crippen molar-refractivity contribution >= 4 is 0 Å². The van der Waals surface area contributed by atoms with E-state index in [1.54, 1.807) is 0 Å². The molecule has 2 fully saturated rings. The van der Waals surface area contributed by atoms with E-state index in [0.29, 0.717) is 0 Å². The molecule has 0 aromatic rings. The van der Waals surface area contributed by atoms with Gasteiger partial charge in [0.1, 0.15) is 0 Å². The van der Waals surface area contributed by atoms with Crippen molar-refractivity contribution in [3.63, 3.8) is 0 Å². The lowest BCUT2D eigenvalue weighted by atomic mass is 9.84. The fraction of sp³-hybridized carbons (Fsp3) is 0.684. The van der Waals surface area contributed by atoms with Crippen molar-refractivity contribution < 1.29 is 0 Å². The molecule has 0 heterocycles. The summed E-state index contributed by atoms with van der Waals surface area (Å²) in [5.41, 5.74) is 1.21. The van der Waals surface area contributed by atoms with E-state index in [-0.39, 0.29) is 0 Å². The van der Waals surface area contributed by atoms with Crippen LogP contribution in [0.3, 0.4) is 0 Å². The summed E-state index contributed by atoms with van der Waals surface area (Å²) in [6.07, 6.45) is 27.6. The second kappa shape index (κ2) is 8.26. The molecule has 0 heteroatoms. The van der Waals surface area contributed by atoms with Gasteiger partial charge in [-0.1, -0.05) is 75.5 Å². The third-order valence-electron chi connectivity index (χ3n) is 4.75. The van der Waals surface area contributed by atoms with E-state index in [4.69, 9.17) is 6.42 Å². The van der Waals surface area contributed by atoms with Crippen LogP contribution in [0.4, 0.5) is 0 Å². The zero-order chi connectivity index (χ0) is 13.3. The number of hydrogen-bond donors (Lipinski definition) is 0. The summed E-state index contributed by atoms with van der Waals surface area (Å²) < 4.78 is 0. The Bertz CT molecular complexity index is 341. The van der Waals surface area contributed by atoms with Gasteiger partial charge in [0.2, 0.25) is 0 Å². The standard InChI is InChI=1S/C19H28/c1-2-17(16-19-12-7-4-8-13-19)14-9-15-18-10-5-3-6-11-18/h1,9,14-15,18-19H,3-8,10-13,16H2/b15-9+,17-14-. The quantitative estimate of drug-likeness (QED) is 0.450. The van der Waals surface area contributed by atoms with E-state index in [9.17, 15) is 0 Å². The van der Waals surface area contributed by atoms with Crippen LogP contribution in [0.15, 0.2) is 23.8 Å². The van der Waals surface area contributed by atoms with Gasteiger partial charge in [0.15, 0.2) is 0 Å². The van der Waals surface area contributed by atoms with Gasteiger partial charge in [0.25, 0.3) is 0 Å². The van der Waals surface area contributed by atoms with Crippen LogP contribution in [0.25, 0.3) is 0 Å². The number of allylic oxidation sites excluding steroid dienone is 4. The van der Waals surface area contributed by atoms with Gasteiger partial charge < -0.3 is 0 Å². The molecule has 2 aliphatic rings. The smallest absolute Gasteiger partial charge is 0.00202 e. The van der Waals surface area contributed by atoms with Gasteiger partial charge in [-0.25, -0.2) is 0 Å². The minimum atomic E-state index is 0.804. The summed E-state index contributed by atoms with van der Waals surface area (Å²) in [5, 5.41) is 0. The molecule has 0 radical (unpaired) electrons. The second-order valence-electron chi connectivity index (χ2n) is 6.33. The van der Waals surface area contributed by atoms with E-state index in [2.05, 4.69) is 24.1 Å². The molecule has 0 aromatic heterocycles. The highest BCUT2D eigenvalue weighted by Gasteiger charge is 2.14. The molecule has 0 aromatic carbocycles. The van der Waals surface area contributed by atoms with E-state index in [1.807, 2.05) is 0 Å². The predicted molar refractivity (Wildman–Crippen MR) is 83.8 cm³/mol. The summed E-state index contributed by atoms with van der Waals surface area (Å²) in [6.45, 7) is 0. The Hall–Kier alpha value is -0.960. The molecule has 2 aliphatic carbocycles. The molecular weight excluding hydrogens is 228 g/mol. The minimum absolute atomic E-state index is 0.804. The number of rotatable bonds is 4. The average molecular weight is 256 g/mol. The van der Waals surface area contributed by atoms with Crippen molar-refractivity contribution in [2.24, 2.45) is 11.8 Å². The van der Waals surface area contributed by atoms with Crippen LogP contribution < -0.4 is 0 Å². The molecule has 0 nitrogen and oxygen atoms in total. The first-order valence-corrected chi connectivity index (χ1v) is 8.22. The Morgan fingerprint density at radius 2 is 1.58 bits per heavy atom. The minimum Gasteiger partial charge on any atom is -0.115 e. The highest BCUT2D eigenvalue weighted by molar-refractivity contribution is 5.29. The number of hydrogen-bond acceptors (Lipinski definition) is 0. The summed E-state index contributed by atoms with van der Waals surface area (Å²) in [4.78, 5) is 0. The van der Waals surface area contributed by atoms with Crippen LogP contribution in [0.2, 0.25) is 0 Å². The SMILES string of the molecule is C#C/C(=C/C=C/C1CCCCC1)CC1CCCCC1. The predicted octanol–water partition coefficient (Wildman–Crippen LogP) is 5.65. The second-order valence-corrected chi connectivity index (χ2v) is 6.33. The fourth-order valence-electron chi connectivity index (χ4n) is 3.53. The van der Waals surface area contributed by atoms with Gasteiger partial charge in [-0.15, -0.1) is 6.42 Å². The van der Waals surface area contributed by atoms with Crippen LogP contribution in [0, 0.1) is 24.2 Å². The molecule has 0 amide bonds. The molecule has 2 saturated carbocycles. The van der Waals surface area contributed by atoms with Crippen LogP contribution in [-0.4, -0.2) is 0 Å². The Morgan fingerprint density at radius 3 is 2.21 bits per heavy atom. The first kappa shape index (κ1) is 14.4. The van der Waals surface area contributed by atoms with Gasteiger partial charge in [-0.2, -0.15) is 0 Å². The van der Waals surface area contributed by atoms with Crippen LogP contribution in [-0.2, 0) is 0 Å². The molecule has 19 heavy (non-hydrogen) atoms. The lowest BCUT2D eigenvalue weighted by Gasteiger charge is -2.21. The van der Waals surface area contributed by atoms with Crippen molar-refractivity contribution in [2.45, 2.75) is 70.6 Å². The van der Waals surface area contributed by atoms with Gasteiger partial charge in [-0.05, 0) is 31.1 Å². The molecule has 0 aliphatic heterocycles. The molecule has 104 valence electrons. The molecular formula is C19H28. The van der Waals surface area contributed by atoms with Crippen LogP contribution in [0.1, 0.15) is 70.6 Å². The molecule has 0 N–H and O–H groups in total. The highest BCUT2D eigenvalue weighted by Crippen LogP contribution is 2.29. The van der Waals surface area contributed by atoms with Gasteiger partial charge in [-0.3, -0.25) is 0 Å². The third kappa shape index (κ3) is 5.27. The maximum Gasteiger partial charge on any atom is 0.00202 e. The van der Waals surface area contributed by atoms with Gasteiger partial charge >= 0.3 is 0 Å². The summed E-state index contributed by atoms with van der Waals surface area (Å²) in [6, 6.07) is 0. The first-order chi connectivity index (χ1) is 9.38. The highest BCUT2D eigenvalue weighted by atomic mass is 14.2. The van der Waals surface area contributed by atoms with E-state index < -0.39 is 0 Å². The van der Waals surface area contributed by atoms with Crippen molar-refractivity contribution in [1.82, 2.24) is 0 Å². The normalized spacial score (nSPS) is 23.6. The molecule has 0 atom stereocenters. The zero-order valence-electron chi connectivity index (χ0n) is 12.2. The average Bonchev–Trinajstić information content (AvgIpc) is 2.48. The third-order valence-corrected chi connectivity index (χ3v) is 4.75. The Morgan fingerprint density at radius 1 is 0.947 bits per heavy atom. The van der Waals surface area contributed by atoms with Gasteiger partial charge in [0.05, 0.1) is 0 Å². The maximum atomic E-state index is 5.66. The van der Waals surface area contributed by atoms with Crippen molar-refractivity contribution in [1.29, 1.82) is 0 Å². The Balaban J connectivity index is 1.80. The zero-order valence-corrected chi connectivity index (χ0v) is 12.2. The molecule has 0 unspecified atom stereocenters. The topological polar surface area (TPSA) is 0 Å². The van der Waals surface area contributed by atoms with Crippen molar-refractivity contribution in [3.8, 4) is 12.3 Å².